The summed E-state index contributed by atoms with van der Waals surface area (Å²) in [7, 11) is 0. The maximum Gasteiger partial charge on any atom is 0.264 e. The van der Waals surface area contributed by atoms with Crippen molar-refractivity contribution >= 4 is 18.3 Å². The third-order valence-electron chi connectivity index (χ3n) is 5.53. The predicted octanol–water partition coefficient (Wildman–Crippen LogP) is 2.98. The van der Waals surface area contributed by atoms with Gasteiger partial charge in [-0.15, -0.1) is 12.4 Å². The van der Waals surface area contributed by atoms with Gasteiger partial charge in [0.05, 0.1) is 0 Å². The average Bonchev–Trinajstić information content (AvgIpc) is 3.19. The second-order valence-corrected chi connectivity index (χ2v) is 7.28. The fourth-order valence-electron chi connectivity index (χ4n) is 3.92. The number of nitrogens with two attached hydrogens (primary N) is 1. The summed E-state index contributed by atoms with van der Waals surface area (Å²) in [4.78, 5) is 14.8. The molecule has 4 rings (SSSR count). The Morgan fingerprint density at radius 1 is 1.12 bits per heavy atom. The minimum atomic E-state index is -0.419. The van der Waals surface area contributed by atoms with Crippen LogP contribution in [-0.4, -0.2) is 36.0 Å². The Balaban J connectivity index is 0.00000196. The number of likely N-dealkylation sites (tertiary alicyclic amines) is 1. The molecule has 1 unspecified atom stereocenters. The van der Waals surface area contributed by atoms with Crippen LogP contribution in [0.15, 0.2) is 42.5 Å². The molecule has 2 aliphatic rings. The molecule has 0 spiro atoms. The van der Waals surface area contributed by atoms with Crippen molar-refractivity contribution in [3.63, 3.8) is 0 Å². The zero-order valence-electron chi connectivity index (χ0n) is 15.1. The normalized spacial score (nSPS) is 24.0. The van der Waals surface area contributed by atoms with Gasteiger partial charge in [0.2, 0.25) is 0 Å². The van der Waals surface area contributed by atoms with Gasteiger partial charge >= 0.3 is 0 Å². The highest BCUT2D eigenvalue weighted by Gasteiger charge is 2.39. The van der Waals surface area contributed by atoms with E-state index in [-0.39, 0.29) is 30.3 Å². The second-order valence-electron chi connectivity index (χ2n) is 7.28. The van der Waals surface area contributed by atoms with E-state index in [0.717, 1.165) is 11.3 Å². The van der Waals surface area contributed by atoms with Crippen molar-refractivity contribution in [2.24, 2.45) is 5.73 Å². The average molecular weight is 373 g/mol. The molecule has 0 bridgehead atoms. The molecular formula is C21H25ClN2O2. The van der Waals surface area contributed by atoms with Gasteiger partial charge in [-0.05, 0) is 42.2 Å². The largest absolute Gasteiger partial charge is 0.480 e. The molecular weight excluding hydrogens is 348 g/mol. The van der Waals surface area contributed by atoms with Crippen LogP contribution in [0.1, 0.15) is 28.2 Å². The molecule has 5 heteroatoms. The van der Waals surface area contributed by atoms with Crippen molar-refractivity contribution < 1.29 is 9.53 Å². The van der Waals surface area contributed by atoms with E-state index in [1.54, 1.807) is 0 Å². The van der Waals surface area contributed by atoms with Crippen LogP contribution < -0.4 is 10.5 Å². The third kappa shape index (κ3) is 3.31. The van der Waals surface area contributed by atoms with Crippen LogP contribution in [0.2, 0.25) is 0 Å². The molecule has 2 aromatic carbocycles. The standard InChI is InChI=1S/C21H24N2O2.ClH/c1-13-8-16-10-20(25-19(16)9-14(13)2)21(24)23-11-17(18(22)12-23)15-6-4-3-5-7-15;/h3-9,17-18,20H,10-12,22H2,1-2H3;1H/t17-,18+,20?;/m0./s1. The van der Waals surface area contributed by atoms with Crippen LogP contribution in [0, 0.1) is 13.8 Å². The summed E-state index contributed by atoms with van der Waals surface area (Å²) in [5.41, 5.74) is 11.1. The van der Waals surface area contributed by atoms with Gasteiger partial charge in [-0.1, -0.05) is 36.4 Å². The quantitative estimate of drug-likeness (QED) is 0.881. The van der Waals surface area contributed by atoms with Gasteiger partial charge in [0.1, 0.15) is 5.75 Å². The minimum Gasteiger partial charge on any atom is -0.480 e. The summed E-state index contributed by atoms with van der Waals surface area (Å²) >= 11 is 0. The van der Waals surface area contributed by atoms with Crippen LogP contribution >= 0.6 is 12.4 Å². The molecule has 26 heavy (non-hydrogen) atoms. The first-order valence-electron chi connectivity index (χ1n) is 8.89. The zero-order chi connectivity index (χ0) is 17.6. The van der Waals surface area contributed by atoms with E-state index in [1.807, 2.05) is 29.2 Å². The van der Waals surface area contributed by atoms with Crippen LogP contribution in [0.25, 0.3) is 0 Å². The van der Waals surface area contributed by atoms with Gasteiger partial charge < -0.3 is 15.4 Å². The van der Waals surface area contributed by atoms with Gasteiger partial charge in [-0.2, -0.15) is 0 Å². The fraction of sp³-hybridized carbons (Fsp3) is 0.381. The summed E-state index contributed by atoms with van der Waals surface area (Å²) < 4.78 is 5.96. The van der Waals surface area contributed by atoms with Gasteiger partial charge in [-0.3, -0.25) is 4.79 Å². The second kappa shape index (κ2) is 7.29. The first-order chi connectivity index (χ1) is 12.0. The van der Waals surface area contributed by atoms with E-state index in [2.05, 4.69) is 32.0 Å². The number of rotatable bonds is 2. The van der Waals surface area contributed by atoms with E-state index >= 15 is 0 Å². The van der Waals surface area contributed by atoms with E-state index in [9.17, 15) is 4.79 Å². The lowest BCUT2D eigenvalue weighted by Crippen LogP contribution is -2.41. The number of hydrogen-bond donors (Lipinski definition) is 1. The first kappa shape index (κ1) is 18.7. The Bertz CT molecular complexity index is 778. The van der Waals surface area contributed by atoms with Crippen molar-refractivity contribution in [2.45, 2.75) is 38.3 Å². The lowest BCUT2D eigenvalue weighted by atomic mass is 9.95. The third-order valence-corrected chi connectivity index (χ3v) is 5.53. The van der Waals surface area contributed by atoms with Crippen LogP contribution in [0.4, 0.5) is 0 Å². The van der Waals surface area contributed by atoms with Crippen LogP contribution in [0.3, 0.4) is 0 Å². The first-order valence-corrected chi connectivity index (χ1v) is 8.89. The SMILES string of the molecule is Cc1cc2c(cc1C)OC(C(=O)N1C[C@@H](N)[C@H](c3ccccc3)C1)C2.Cl. The van der Waals surface area contributed by atoms with Gasteiger partial charge in [0.25, 0.3) is 5.91 Å². The van der Waals surface area contributed by atoms with Gasteiger partial charge in [0, 0.05) is 31.5 Å². The van der Waals surface area contributed by atoms with E-state index in [1.165, 1.54) is 16.7 Å². The summed E-state index contributed by atoms with van der Waals surface area (Å²) in [6, 6.07) is 14.4. The Labute approximate surface area is 160 Å². The molecule has 2 aromatic rings. The van der Waals surface area contributed by atoms with Crippen molar-refractivity contribution in [3.8, 4) is 5.75 Å². The lowest BCUT2D eigenvalue weighted by molar-refractivity contribution is -0.136. The van der Waals surface area contributed by atoms with Crippen molar-refractivity contribution in [3.05, 3.63) is 64.7 Å². The number of benzene rings is 2. The molecule has 138 valence electrons. The number of carbonyl (C=O) groups excluding carboxylic acids is 1. The molecule has 0 aromatic heterocycles. The number of carbonyl (C=O) groups is 1. The molecule has 0 saturated carbocycles. The lowest BCUT2D eigenvalue weighted by Gasteiger charge is -2.20. The molecule has 1 saturated heterocycles. The zero-order valence-corrected chi connectivity index (χ0v) is 16.0. The number of aryl methyl sites for hydroxylation is 2. The molecule has 0 aliphatic carbocycles. The molecule has 1 amide bonds. The van der Waals surface area contributed by atoms with Crippen molar-refractivity contribution in [1.82, 2.24) is 4.90 Å². The van der Waals surface area contributed by atoms with Gasteiger partial charge in [0.15, 0.2) is 6.10 Å². The topological polar surface area (TPSA) is 55.6 Å². The Hall–Kier alpha value is -2.04. The molecule has 0 radical (unpaired) electrons. The summed E-state index contributed by atoms with van der Waals surface area (Å²) in [5, 5.41) is 0. The molecule has 1 fully saturated rings. The number of fused-ring (bicyclic) bond motifs is 1. The maximum absolute atomic E-state index is 13.0. The summed E-state index contributed by atoms with van der Waals surface area (Å²) in [6.07, 6.45) is 0.231. The number of nitrogens with zero attached hydrogens (tertiary/aromatic N) is 1. The predicted molar refractivity (Wildman–Crippen MR) is 105 cm³/mol. The minimum absolute atomic E-state index is 0. The number of ether oxygens (including phenoxy) is 1. The molecule has 3 atom stereocenters. The molecule has 4 nitrogen and oxygen atoms in total. The maximum atomic E-state index is 13.0. The van der Waals surface area contributed by atoms with E-state index < -0.39 is 6.10 Å². The Morgan fingerprint density at radius 3 is 2.54 bits per heavy atom. The fourth-order valence-corrected chi connectivity index (χ4v) is 3.92. The van der Waals surface area contributed by atoms with Crippen molar-refractivity contribution in [1.29, 1.82) is 0 Å². The van der Waals surface area contributed by atoms with Crippen molar-refractivity contribution in [2.75, 3.05) is 13.1 Å². The van der Waals surface area contributed by atoms with E-state index in [4.69, 9.17) is 10.5 Å². The Morgan fingerprint density at radius 2 is 1.81 bits per heavy atom. The van der Waals surface area contributed by atoms with Gasteiger partial charge in [-0.25, -0.2) is 0 Å². The highest BCUT2D eigenvalue weighted by atomic mass is 35.5. The van der Waals surface area contributed by atoms with E-state index in [0.29, 0.717) is 19.5 Å². The van der Waals surface area contributed by atoms with Crippen LogP contribution in [0.5, 0.6) is 5.75 Å². The monoisotopic (exact) mass is 372 g/mol. The molecule has 2 N–H and O–H groups in total. The number of hydrogen-bond acceptors (Lipinski definition) is 3. The molecule has 2 aliphatic heterocycles. The highest BCUT2D eigenvalue weighted by Crippen LogP contribution is 2.33. The number of halogens is 1. The molecule has 2 heterocycles. The highest BCUT2D eigenvalue weighted by molar-refractivity contribution is 5.85. The smallest absolute Gasteiger partial charge is 0.264 e. The Kier molecular flexibility index (Phi) is 5.26. The van der Waals surface area contributed by atoms with Crippen LogP contribution in [-0.2, 0) is 11.2 Å². The summed E-state index contributed by atoms with van der Waals surface area (Å²) in [5.74, 6) is 1.10. The summed E-state index contributed by atoms with van der Waals surface area (Å²) in [6.45, 7) is 5.41. The number of amides is 1.